The van der Waals surface area contributed by atoms with Crippen LogP contribution in [0.2, 0.25) is 0 Å². The van der Waals surface area contributed by atoms with Gasteiger partial charge in [-0.1, -0.05) is 29.8 Å². The predicted octanol–water partition coefficient (Wildman–Crippen LogP) is 3.35. The number of anilines is 1. The minimum absolute atomic E-state index is 0.0803. The van der Waals surface area contributed by atoms with E-state index in [0.717, 1.165) is 0 Å². The summed E-state index contributed by atoms with van der Waals surface area (Å²) in [6.45, 7) is 5.97. The van der Waals surface area contributed by atoms with Crippen LogP contribution in [0.3, 0.4) is 0 Å². The third kappa shape index (κ3) is 4.19. The molecule has 110 valence electrons. The Balaban J connectivity index is 3.00. The van der Waals surface area contributed by atoms with Gasteiger partial charge in [-0.15, -0.1) is 0 Å². The van der Waals surface area contributed by atoms with Gasteiger partial charge in [-0.25, -0.2) is 0 Å². The molecule has 0 radical (unpaired) electrons. The maximum absolute atomic E-state index is 11.9. The first-order chi connectivity index (χ1) is 9.36. The number of carbonyl (C=O) groups is 1. The average molecular weight is 345 g/mol. The first-order valence-electron chi connectivity index (χ1n) is 6.23. The van der Waals surface area contributed by atoms with Gasteiger partial charge in [0.1, 0.15) is 11.4 Å². The van der Waals surface area contributed by atoms with E-state index in [9.17, 15) is 14.9 Å². The van der Waals surface area contributed by atoms with E-state index < -0.39 is 9.75 Å². The maximum Gasteiger partial charge on any atom is 0.296 e. The fourth-order valence-electron chi connectivity index (χ4n) is 1.53. The number of nitro groups is 1. The number of ether oxygens (including phenoxy) is 1. The highest BCUT2D eigenvalue weighted by Crippen LogP contribution is 2.29. The molecule has 1 amide bonds. The molecule has 0 aromatic heterocycles. The standard InChI is InChI=1S/C13H17BrN2O4/c1-4-20-9-5-6-10(11(7-9)16(18)19)15-13(17)12(14)8(2)3/h5-8,12H,4H2,1-3H3,(H,15,17). The lowest BCUT2D eigenvalue weighted by molar-refractivity contribution is -0.384. The smallest absolute Gasteiger partial charge is 0.296 e. The van der Waals surface area contributed by atoms with Crippen LogP contribution in [0.25, 0.3) is 0 Å². The van der Waals surface area contributed by atoms with Crippen LogP contribution in [0.5, 0.6) is 5.75 Å². The number of rotatable bonds is 6. The normalized spacial score (nSPS) is 12.1. The molecular weight excluding hydrogens is 328 g/mol. The zero-order valence-corrected chi connectivity index (χ0v) is 13.1. The van der Waals surface area contributed by atoms with Gasteiger partial charge >= 0.3 is 0 Å². The molecule has 0 spiro atoms. The molecular formula is C13H17BrN2O4. The first kappa shape index (κ1) is 16.4. The minimum atomic E-state index is -0.545. The summed E-state index contributed by atoms with van der Waals surface area (Å²) >= 11 is 3.26. The third-order valence-corrected chi connectivity index (χ3v) is 4.04. The summed E-state index contributed by atoms with van der Waals surface area (Å²) in [4.78, 5) is 22.0. The van der Waals surface area contributed by atoms with Gasteiger partial charge in [-0.3, -0.25) is 14.9 Å². The van der Waals surface area contributed by atoms with Gasteiger partial charge in [0.15, 0.2) is 0 Å². The molecule has 6 nitrogen and oxygen atoms in total. The van der Waals surface area contributed by atoms with Gasteiger partial charge in [0.05, 0.1) is 22.4 Å². The molecule has 1 N–H and O–H groups in total. The molecule has 0 fully saturated rings. The van der Waals surface area contributed by atoms with Gasteiger partial charge in [-0.05, 0) is 25.0 Å². The van der Waals surface area contributed by atoms with Gasteiger partial charge < -0.3 is 10.1 Å². The highest BCUT2D eigenvalue weighted by Gasteiger charge is 2.22. The Morgan fingerprint density at radius 1 is 1.50 bits per heavy atom. The second-order valence-electron chi connectivity index (χ2n) is 4.50. The molecule has 7 heteroatoms. The van der Waals surface area contributed by atoms with Gasteiger partial charge in [0.2, 0.25) is 5.91 Å². The fraction of sp³-hybridized carbons (Fsp3) is 0.462. The zero-order chi connectivity index (χ0) is 15.3. The number of hydrogen-bond donors (Lipinski definition) is 1. The second-order valence-corrected chi connectivity index (χ2v) is 5.49. The Kier molecular flexibility index (Phi) is 5.94. The van der Waals surface area contributed by atoms with Crippen molar-refractivity contribution >= 4 is 33.2 Å². The van der Waals surface area contributed by atoms with E-state index in [0.29, 0.717) is 12.4 Å². The molecule has 0 saturated carbocycles. The molecule has 1 atom stereocenters. The van der Waals surface area contributed by atoms with Gasteiger partial charge in [0.25, 0.3) is 5.69 Å². The van der Waals surface area contributed by atoms with Crippen molar-refractivity contribution in [3.8, 4) is 5.75 Å². The Hall–Kier alpha value is -1.63. The number of benzene rings is 1. The summed E-state index contributed by atoms with van der Waals surface area (Å²) in [5.74, 6) is 0.167. The predicted molar refractivity (Wildman–Crippen MR) is 80.4 cm³/mol. The molecule has 0 saturated heterocycles. The van der Waals surface area contributed by atoms with Crippen molar-refractivity contribution in [1.82, 2.24) is 0 Å². The SMILES string of the molecule is CCOc1ccc(NC(=O)C(Br)C(C)C)c([N+](=O)[O-])c1. The second kappa shape index (κ2) is 7.23. The number of carbonyl (C=O) groups excluding carboxylic acids is 1. The first-order valence-corrected chi connectivity index (χ1v) is 7.14. The summed E-state index contributed by atoms with van der Waals surface area (Å²) in [6, 6.07) is 4.36. The van der Waals surface area contributed by atoms with E-state index in [1.807, 2.05) is 13.8 Å². The largest absolute Gasteiger partial charge is 0.494 e. The van der Waals surface area contributed by atoms with Crippen molar-refractivity contribution in [3.63, 3.8) is 0 Å². The quantitative estimate of drug-likeness (QED) is 0.487. The minimum Gasteiger partial charge on any atom is -0.494 e. The van der Waals surface area contributed by atoms with Crippen molar-refractivity contribution in [3.05, 3.63) is 28.3 Å². The van der Waals surface area contributed by atoms with Crippen LogP contribution in [0.15, 0.2) is 18.2 Å². The molecule has 1 aromatic rings. The molecule has 0 aliphatic carbocycles. The number of alkyl halides is 1. The summed E-state index contributed by atoms with van der Waals surface area (Å²) in [5.41, 5.74) is -0.0266. The lowest BCUT2D eigenvalue weighted by Gasteiger charge is -2.14. The van der Waals surface area contributed by atoms with E-state index in [4.69, 9.17) is 4.74 Å². The molecule has 1 unspecified atom stereocenters. The average Bonchev–Trinajstić information content (AvgIpc) is 2.39. The summed E-state index contributed by atoms with van der Waals surface area (Å²) in [6.07, 6.45) is 0. The maximum atomic E-state index is 11.9. The lowest BCUT2D eigenvalue weighted by atomic mass is 10.1. The van der Waals surface area contributed by atoms with Crippen LogP contribution in [0.1, 0.15) is 20.8 Å². The monoisotopic (exact) mass is 344 g/mol. The van der Waals surface area contributed by atoms with Crippen LogP contribution >= 0.6 is 15.9 Å². The molecule has 1 rings (SSSR count). The lowest BCUT2D eigenvalue weighted by Crippen LogP contribution is -2.27. The van der Waals surface area contributed by atoms with Crippen LogP contribution in [0.4, 0.5) is 11.4 Å². The number of nitrogens with one attached hydrogen (secondary N) is 1. The molecule has 0 aliphatic rings. The number of nitro benzene ring substituents is 1. The van der Waals surface area contributed by atoms with Crippen molar-refractivity contribution in [2.75, 3.05) is 11.9 Å². The van der Waals surface area contributed by atoms with E-state index >= 15 is 0 Å². The Labute approximate surface area is 125 Å². The van der Waals surface area contributed by atoms with Crippen LogP contribution in [-0.4, -0.2) is 22.3 Å². The fourth-order valence-corrected chi connectivity index (χ4v) is 1.64. The Morgan fingerprint density at radius 3 is 2.65 bits per heavy atom. The summed E-state index contributed by atoms with van der Waals surface area (Å²) in [7, 11) is 0. The highest BCUT2D eigenvalue weighted by atomic mass is 79.9. The van der Waals surface area contributed by atoms with E-state index in [1.54, 1.807) is 13.0 Å². The zero-order valence-electron chi connectivity index (χ0n) is 11.6. The van der Waals surface area contributed by atoms with Gasteiger partial charge in [-0.2, -0.15) is 0 Å². The highest BCUT2D eigenvalue weighted by molar-refractivity contribution is 9.10. The van der Waals surface area contributed by atoms with Crippen molar-refractivity contribution in [2.24, 2.45) is 5.92 Å². The molecule has 0 heterocycles. The van der Waals surface area contributed by atoms with Crippen LogP contribution in [-0.2, 0) is 4.79 Å². The Bertz CT molecular complexity index is 505. The van der Waals surface area contributed by atoms with Gasteiger partial charge in [0, 0.05) is 0 Å². The van der Waals surface area contributed by atoms with E-state index in [2.05, 4.69) is 21.2 Å². The third-order valence-electron chi connectivity index (χ3n) is 2.57. The van der Waals surface area contributed by atoms with Crippen LogP contribution < -0.4 is 10.1 Å². The topological polar surface area (TPSA) is 81.5 Å². The van der Waals surface area contributed by atoms with Crippen molar-refractivity contribution < 1.29 is 14.5 Å². The molecule has 1 aromatic carbocycles. The molecule has 0 bridgehead atoms. The van der Waals surface area contributed by atoms with E-state index in [1.165, 1.54) is 12.1 Å². The van der Waals surface area contributed by atoms with E-state index in [-0.39, 0.29) is 23.2 Å². The molecule has 20 heavy (non-hydrogen) atoms. The molecule has 0 aliphatic heterocycles. The number of nitrogens with zero attached hydrogens (tertiary/aromatic N) is 1. The Morgan fingerprint density at radius 2 is 2.15 bits per heavy atom. The van der Waals surface area contributed by atoms with Crippen LogP contribution in [0, 0.1) is 16.0 Å². The number of halogens is 1. The summed E-state index contributed by atoms with van der Waals surface area (Å²) in [5, 5.41) is 13.6. The van der Waals surface area contributed by atoms with Crippen molar-refractivity contribution in [1.29, 1.82) is 0 Å². The number of amides is 1. The van der Waals surface area contributed by atoms with Crippen molar-refractivity contribution in [2.45, 2.75) is 25.6 Å². The number of hydrogen-bond acceptors (Lipinski definition) is 4. The summed E-state index contributed by atoms with van der Waals surface area (Å²) < 4.78 is 5.22.